The second-order valence-electron chi connectivity index (χ2n) is 2.52. The van der Waals surface area contributed by atoms with Gasteiger partial charge in [-0.3, -0.25) is 0 Å². The van der Waals surface area contributed by atoms with Gasteiger partial charge in [0.1, 0.15) is 0 Å². The zero-order valence-electron chi connectivity index (χ0n) is 5.87. The van der Waals surface area contributed by atoms with Gasteiger partial charge < -0.3 is 0 Å². The molecular weight excluding hydrogens is 223 g/mol. The molecule has 9 heavy (non-hydrogen) atoms. The Kier molecular flexibility index (Phi) is 2.33. The lowest BCUT2D eigenvalue weighted by Gasteiger charge is -2.10. The van der Waals surface area contributed by atoms with E-state index in [1.165, 1.54) is 22.0 Å². The van der Waals surface area contributed by atoms with Crippen molar-refractivity contribution >= 4 is 22.6 Å². The van der Waals surface area contributed by atoms with E-state index in [0.717, 1.165) is 0 Å². The number of halogens is 1. The number of rotatable bonds is 0. The van der Waals surface area contributed by atoms with Crippen molar-refractivity contribution < 1.29 is 0 Å². The Bertz CT molecular complexity index is 175. The van der Waals surface area contributed by atoms with Gasteiger partial charge in [-0.15, -0.1) is 0 Å². The maximum atomic E-state index is 2.42. The average molecular weight is 234 g/mol. The van der Waals surface area contributed by atoms with Crippen LogP contribution >= 0.6 is 22.6 Å². The first kappa shape index (κ1) is 7.32. The quantitative estimate of drug-likeness (QED) is 0.563. The highest BCUT2D eigenvalue weighted by atomic mass is 127. The maximum absolute atomic E-state index is 2.42. The molecule has 0 N–H and O–H groups in total. The molecule has 0 aromatic heterocycles. The van der Waals surface area contributed by atoms with E-state index in [4.69, 9.17) is 0 Å². The molecule has 1 heteroatoms. The molecule has 0 nitrogen and oxygen atoms in total. The molecule has 0 unspecified atom stereocenters. The molecule has 0 saturated carbocycles. The van der Waals surface area contributed by atoms with Crippen molar-refractivity contribution in [1.29, 1.82) is 0 Å². The van der Waals surface area contributed by atoms with E-state index in [9.17, 15) is 0 Å². The maximum Gasteiger partial charge on any atom is 0.0145 e. The molecular formula is C8H11I. The topological polar surface area (TPSA) is 0 Å². The minimum atomic E-state index is 1.24. The van der Waals surface area contributed by atoms with Crippen molar-refractivity contribution in [2.45, 2.75) is 26.7 Å². The van der Waals surface area contributed by atoms with Gasteiger partial charge in [-0.05, 0) is 54.9 Å². The van der Waals surface area contributed by atoms with Gasteiger partial charge in [0.15, 0.2) is 0 Å². The zero-order chi connectivity index (χ0) is 6.85. The lowest BCUT2D eigenvalue weighted by atomic mass is 10.0. The molecule has 0 heterocycles. The molecule has 0 fully saturated rings. The molecule has 0 atom stereocenters. The highest BCUT2D eigenvalue weighted by Crippen LogP contribution is 2.28. The highest BCUT2D eigenvalue weighted by Gasteiger charge is 2.04. The summed E-state index contributed by atoms with van der Waals surface area (Å²) in [6.07, 6.45) is 4.81. The van der Waals surface area contributed by atoms with Crippen molar-refractivity contribution in [1.82, 2.24) is 0 Å². The summed E-state index contributed by atoms with van der Waals surface area (Å²) in [4.78, 5) is 0. The highest BCUT2D eigenvalue weighted by molar-refractivity contribution is 14.1. The first-order valence-corrected chi connectivity index (χ1v) is 4.32. The molecule has 0 spiro atoms. The van der Waals surface area contributed by atoms with Crippen LogP contribution in [0.2, 0.25) is 0 Å². The van der Waals surface area contributed by atoms with Crippen molar-refractivity contribution in [2.75, 3.05) is 0 Å². The third-order valence-electron chi connectivity index (χ3n) is 1.69. The van der Waals surface area contributed by atoms with Gasteiger partial charge in [0.05, 0.1) is 0 Å². The summed E-state index contributed by atoms with van der Waals surface area (Å²) >= 11 is 2.42. The minimum Gasteiger partial charge on any atom is -0.0802 e. The third kappa shape index (κ3) is 1.57. The van der Waals surface area contributed by atoms with E-state index in [0.29, 0.717) is 0 Å². The van der Waals surface area contributed by atoms with E-state index < -0.39 is 0 Å². The van der Waals surface area contributed by atoms with Gasteiger partial charge in [-0.1, -0.05) is 11.6 Å². The molecule has 1 aliphatic rings. The predicted molar refractivity (Wildman–Crippen MR) is 49.7 cm³/mol. The smallest absolute Gasteiger partial charge is 0.0145 e. The Morgan fingerprint density at radius 2 is 2.11 bits per heavy atom. The molecule has 0 aromatic rings. The van der Waals surface area contributed by atoms with E-state index >= 15 is 0 Å². The molecule has 50 valence electrons. The standard InChI is InChI=1S/C8H11I/c1-6-4-3-5-7(2)8(6)9/h4H,3,5H2,1-2H3. The summed E-state index contributed by atoms with van der Waals surface area (Å²) < 4.78 is 1.47. The van der Waals surface area contributed by atoms with Gasteiger partial charge in [0.2, 0.25) is 0 Å². The molecule has 0 aromatic carbocycles. The van der Waals surface area contributed by atoms with E-state index in [2.05, 4.69) is 42.5 Å². The Morgan fingerprint density at radius 3 is 2.56 bits per heavy atom. The van der Waals surface area contributed by atoms with Crippen LogP contribution in [-0.2, 0) is 0 Å². The molecule has 0 amide bonds. The SMILES string of the molecule is CC1=CCCC(C)=C1I. The number of allylic oxidation sites excluding steroid dienone is 4. The van der Waals surface area contributed by atoms with Crippen LogP contribution in [0.5, 0.6) is 0 Å². The summed E-state index contributed by atoms with van der Waals surface area (Å²) in [5.74, 6) is 0. The fourth-order valence-corrected chi connectivity index (χ4v) is 1.53. The molecule has 1 rings (SSSR count). The van der Waals surface area contributed by atoms with E-state index in [1.54, 1.807) is 5.57 Å². The zero-order valence-corrected chi connectivity index (χ0v) is 8.03. The second-order valence-corrected chi connectivity index (χ2v) is 3.60. The van der Waals surface area contributed by atoms with Crippen LogP contribution in [0.15, 0.2) is 20.8 Å². The monoisotopic (exact) mass is 234 g/mol. The van der Waals surface area contributed by atoms with Crippen LogP contribution < -0.4 is 0 Å². The second kappa shape index (κ2) is 2.86. The number of hydrogen-bond donors (Lipinski definition) is 0. The molecule has 0 bridgehead atoms. The minimum absolute atomic E-state index is 1.24. The van der Waals surface area contributed by atoms with Gasteiger partial charge in [0.25, 0.3) is 0 Å². The van der Waals surface area contributed by atoms with E-state index in [1.807, 2.05) is 0 Å². The van der Waals surface area contributed by atoms with Gasteiger partial charge >= 0.3 is 0 Å². The van der Waals surface area contributed by atoms with Crippen LogP contribution in [0.4, 0.5) is 0 Å². The van der Waals surface area contributed by atoms with E-state index in [-0.39, 0.29) is 0 Å². The van der Waals surface area contributed by atoms with Crippen LogP contribution in [0.1, 0.15) is 26.7 Å². The normalized spacial score (nSPS) is 20.1. The Morgan fingerprint density at radius 1 is 1.44 bits per heavy atom. The van der Waals surface area contributed by atoms with Crippen molar-refractivity contribution in [3.63, 3.8) is 0 Å². The Hall–Kier alpha value is 0.210. The van der Waals surface area contributed by atoms with Crippen LogP contribution in [0.25, 0.3) is 0 Å². The average Bonchev–Trinajstić information content (AvgIpc) is 1.83. The fraction of sp³-hybridized carbons (Fsp3) is 0.500. The number of hydrogen-bond acceptors (Lipinski definition) is 0. The van der Waals surface area contributed by atoms with Crippen molar-refractivity contribution in [2.24, 2.45) is 0 Å². The first-order valence-electron chi connectivity index (χ1n) is 3.24. The lowest BCUT2D eigenvalue weighted by Crippen LogP contribution is -1.89. The van der Waals surface area contributed by atoms with Gasteiger partial charge in [-0.25, -0.2) is 0 Å². The molecule has 0 radical (unpaired) electrons. The van der Waals surface area contributed by atoms with Crippen LogP contribution in [0.3, 0.4) is 0 Å². The van der Waals surface area contributed by atoms with Crippen LogP contribution in [0, 0.1) is 0 Å². The largest absolute Gasteiger partial charge is 0.0802 e. The Balaban J connectivity index is 2.88. The molecule has 0 saturated heterocycles. The lowest BCUT2D eigenvalue weighted by molar-refractivity contribution is 0.943. The van der Waals surface area contributed by atoms with Crippen molar-refractivity contribution in [3.05, 3.63) is 20.8 Å². The van der Waals surface area contributed by atoms with Gasteiger partial charge in [-0.2, -0.15) is 0 Å². The summed E-state index contributed by atoms with van der Waals surface area (Å²) in [6.45, 7) is 4.41. The first-order chi connectivity index (χ1) is 4.22. The molecule has 1 aliphatic carbocycles. The summed E-state index contributed by atoms with van der Waals surface area (Å²) in [5.41, 5.74) is 3.01. The summed E-state index contributed by atoms with van der Waals surface area (Å²) in [7, 11) is 0. The summed E-state index contributed by atoms with van der Waals surface area (Å²) in [5, 5.41) is 0. The van der Waals surface area contributed by atoms with Crippen molar-refractivity contribution in [3.8, 4) is 0 Å². The van der Waals surface area contributed by atoms with Gasteiger partial charge in [0, 0.05) is 3.58 Å². The molecule has 0 aliphatic heterocycles. The Labute approximate surface area is 70.2 Å². The third-order valence-corrected chi connectivity index (χ3v) is 3.46. The predicted octanol–water partition coefficient (Wildman–Crippen LogP) is 3.44. The summed E-state index contributed by atoms with van der Waals surface area (Å²) in [6, 6.07) is 0. The van der Waals surface area contributed by atoms with Crippen LogP contribution in [-0.4, -0.2) is 0 Å². The fourth-order valence-electron chi connectivity index (χ4n) is 1.04.